The molecule has 1 aromatic rings. The van der Waals surface area contributed by atoms with Crippen LogP contribution in [-0.4, -0.2) is 47.4 Å². The molecule has 1 fully saturated rings. The van der Waals surface area contributed by atoms with E-state index >= 15 is 0 Å². The lowest BCUT2D eigenvalue weighted by atomic mass is 10.1. The number of nitrogens with zero attached hydrogens (tertiary/aromatic N) is 3. The van der Waals surface area contributed by atoms with Crippen LogP contribution in [0.2, 0.25) is 0 Å². The molecular formula is C15H12BrN3O3S. The van der Waals surface area contributed by atoms with Gasteiger partial charge in [0.25, 0.3) is 11.8 Å². The number of carbonyl (C=O) groups is 2. The van der Waals surface area contributed by atoms with Gasteiger partial charge in [-0.05, 0) is 51.9 Å². The Hall–Kier alpha value is -2.24. The van der Waals surface area contributed by atoms with E-state index in [-0.39, 0.29) is 17.3 Å². The van der Waals surface area contributed by atoms with Crippen molar-refractivity contribution in [3.63, 3.8) is 0 Å². The lowest BCUT2D eigenvalue weighted by molar-refractivity contribution is -0.132. The maximum absolute atomic E-state index is 12.2. The van der Waals surface area contributed by atoms with E-state index in [9.17, 15) is 9.59 Å². The van der Waals surface area contributed by atoms with E-state index in [0.717, 1.165) is 0 Å². The summed E-state index contributed by atoms with van der Waals surface area (Å²) < 4.78 is 5.85. The average molecular weight is 394 g/mol. The van der Waals surface area contributed by atoms with Gasteiger partial charge in [-0.1, -0.05) is 6.07 Å². The summed E-state index contributed by atoms with van der Waals surface area (Å²) in [6.07, 6.45) is 1.50. The summed E-state index contributed by atoms with van der Waals surface area (Å²) in [6, 6.07) is 6.93. The van der Waals surface area contributed by atoms with Gasteiger partial charge >= 0.3 is 0 Å². The largest absolute Gasteiger partial charge is 0.478 e. The van der Waals surface area contributed by atoms with E-state index < -0.39 is 11.8 Å². The molecule has 1 heterocycles. The Labute approximate surface area is 147 Å². The lowest BCUT2D eigenvalue weighted by Crippen LogP contribution is -2.52. The standard InChI is InChI=1S/C15H12BrN3O3S/c1-18-13(20)10(14(21)19(2)15(18)23)7-9-3-4-12(11(16)8-9)22-6-5-17/h3-4,7-8H,6H2,1-2H3. The number of benzene rings is 1. The second kappa shape index (κ2) is 6.89. The molecule has 23 heavy (non-hydrogen) atoms. The van der Waals surface area contributed by atoms with Crippen LogP contribution < -0.4 is 4.74 Å². The number of ether oxygens (including phenoxy) is 1. The van der Waals surface area contributed by atoms with Crippen LogP contribution in [0, 0.1) is 11.3 Å². The summed E-state index contributed by atoms with van der Waals surface area (Å²) in [5.41, 5.74) is 0.675. The minimum absolute atomic E-state index is 0.0289. The summed E-state index contributed by atoms with van der Waals surface area (Å²) >= 11 is 8.36. The van der Waals surface area contributed by atoms with Gasteiger partial charge in [-0.3, -0.25) is 19.4 Å². The predicted molar refractivity (Wildman–Crippen MR) is 91.4 cm³/mol. The molecule has 2 rings (SSSR count). The molecular weight excluding hydrogens is 382 g/mol. The monoisotopic (exact) mass is 393 g/mol. The number of nitriles is 1. The molecule has 1 aliphatic heterocycles. The van der Waals surface area contributed by atoms with Gasteiger partial charge in [-0.15, -0.1) is 0 Å². The summed E-state index contributed by atoms with van der Waals surface area (Å²) in [5, 5.41) is 8.69. The SMILES string of the molecule is CN1C(=O)C(=Cc2ccc(OCC#N)c(Br)c2)C(=O)N(C)C1=S. The Kier molecular flexibility index (Phi) is 5.13. The fraction of sp³-hybridized carbons (Fsp3) is 0.200. The van der Waals surface area contributed by atoms with Crippen LogP contribution in [0.5, 0.6) is 5.75 Å². The number of rotatable bonds is 3. The molecule has 0 aliphatic carbocycles. The minimum atomic E-state index is -0.445. The highest BCUT2D eigenvalue weighted by atomic mass is 79.9. The van der Waals surface area contributed by atoms with Crippen LogP contribution >= 0.6 is 28.1 Å². The van der Waals surface area contributed by atoms with Crippen molar-refractivity contribution in [2.45, 2.75) is 0 Å². The highest BCUT2D eigenvalue weighted by molar-refractivity contribution is 9.10. The van der Waals surface area contributed by atoms with Crippen LogP contribution in [-0.2, 0) is 9.59 Å². The third-order valence-corrected chi connectivity index (χ3v) is 4.37. The molecule has 1 aliphatic rings. The molecule has 0 bridgehead atoms. The van der Waals surface area contributed by atoms with Gasteiger partial charge in [0.1, 0.15) is 17.4 Å². The van der Waals surface area contributed by atoms with Crippen molar-refractivity contribution in [2.75, 3.05) is 20.7 Å². The van der Waals surface area contributed by atoms with Gasteiger partial charge in [0.2, 0.25) is 0 Å². The van der Waals surface area contributed by atoms with E-state index in [1.807, 2.05) is 6.07 Å². The zero-order chi connectivity index (χ0) is 17.1. The van der Waals surface area contributed by atoms with Crippen LogP contribution in [0.15, 0.2) is 28.2 Å². The molecule has 0 spiro atoms. The van der Waals surface area contributed by atoms with Crippen molar-refractivity contribution >= 4 is 51.2 Å². The van der Waals surface area contributed by atoms with Crippen molar-refractivity contribution < 1.29 is 14.3 Å². The van der Waals surface area contributed by atoms with Crippen LogP contribution in [0.4, 0.5) is 0 Å². The topological polar surface area (TPSA) is 73.6 Å². The molecule has 0 aromatic heterocycles. The Bertz CT molecular complexity index is 744. The third-order valence-electron chi connectivity index (χ3n) is 3.20. The number of hydrogen-bond donors (Lipinski definition) is 0. The number of halogens is 1. The summed E-state index contributed by atoms with van der Waals surface area (Å²) in [4.78, 5) is 27.0. The fourth-order valence-electron chi connectivity index (χ4n) is 1.98. The quantitative estimate of drug-likeness (QED) is 0.445. The molecule has 6 nitrogen and oxygen atoms in total. The molecule has 8 heteroatoms. The molecule has 2 amide bonds. The smallest absolute Gasteiger partial charge is 0.265 e. The van der Waals surface area contributed by atoms with Crippen molar-refractivity contribution in [1.82, 2.24) is 9.80 Å². The molecule has 0 radical (unpaired) electrons. The van der Waals surface area contributed by atoms with E-state index in [2.05, 4.69) is 15.9 Å². The predicted octanol–water partition coefficient (Wildman–Crippen LogP) is 1.95. The van der Waals surface area contributed by atoms with Crippen molar-refractivity contribution in [3.05, 3.63) is 33.8 Å². The molecule has 0 unspecified atom stereocenters. The highest BCUT2D eigenvalue weighted by Gasteiger charge is 2.35. The van der Waals surface area contributed by atoms with Crippen molar-refractivity contribution in [3.8, 4) is 11.8 Å². The summed E-state index contributed by atoms with van der Waals surface area (Å²) in [7, 11) is 3.05. The first kappa shape index (κ1) is 17.1. The van der Waals surface area contributed by atoms with E-state index in [4.69, 9.17) is 22.2 Å². The first-order valence-electron chi connectivity index (χ1n) is 6.48. The van der Waals surface area contributed by atoms with Gasteiger partial charge in [-0.25, -0.2) is 0 Å². The van der Waals surface area contributed by atoms with E-state index in [1.165, 1.54) is 30.0 Å². The number of amides is 2. The molecule has 1 saturated heterocycles. The van der Waals surface area contributed by atoms with Gasteiger partial charge in [0.05, 0.1) is 4.47 Å². The summed E-state index contributed by atoms with van der Waals surface area (Å²) in [6.45, 7) is -0.0664. The number of thiocarbonyl (C=S) groups is 1. The van der Waals surface area contributed by atoms with E-state index in [1.54, 1.807) is 18.2 Å². The molecule has 0 atom stereocenters. The van der Waals surface area contributed by atoms with Gasteiger partial charge < -0.3 is 4.74 Å². The second-order valence-electron chi connectivity index (χ2n) is 4.71. The fourth-order valence-corrected chi connectivity index (χ4v) is 2.65. The van der Waals surface area contributed by atoms with Crippen LogP contribution in [0.1, 0.15) is 5.56 Å². The van der Waals surface area contributed by atoms with Crippen LogP contribution in [0.3, 0.4) is 0 Å². The first-order valence-corrected chi connectivity index (χ1v) is 7.68. The molecule has 118 valence electrons. The number of likely N-dealkylation sites (N-methyl/N-ethyl adjacent to an activating group) is 2. The maximum atomic E-state index is 12.2. The van der Waals surface area contributed by atoms with Gasteiger partial charge in [0.15, 0.2) is 11.7 Å². The third kappa shape index (κ3) is 3.41. The van der Waals surface area contributed by atoms with E-state index in [0.29, 0.717) is 15.8 Å². The molecule has 0 N–H and O–H groups in total. The maximum Gasteiger partial charge on any atom is 0.265 e. The number of carbonyl (C=O) groups excluding carboxylic acids is 2. The average Bonchev–Trinajstić information content (AvgIpc) is 2.54. The lowest BCUT2D eigenvalue weighted by Gasteiger charge is -2.31. The Morgan fingerprint density at radius 3 is 2.43 bits per heavy atom. The first-order chi connectivity index (χ1) is 10.9. The zero-order valence-electron chi connectivity index (χ0n) is 12.4. The van der Waals surface area contributed by atoms with Crippen molar-refractivity contribution in [2.24, 2.45) is 0 Å². The molecule has 1 aromatic carbocycles. The van der Waals surface area contributed by atoms with Crippen LogP contribution in [0.25, 0.3) is 6.08 Å². The minimum Gasteiger partial charge on any atom is -0.478 e. The van der Waals surface area contributed by atoms with Crippen molar-refractivity contribution in [1.29, 1.82) is 5.26 Å². The molecule has 0 saturated carbocycles. The van der Waals surface area contributed by atoms with Gasteiger partial charge in [-0.2, -0.15) is 5.26 Å². The Morgan fingerprint density at radius 1 is 1.30 bits per heavy atom. The Balaban J connectivity index is 2.35. The summed E-state index contributed by atoms with van der Waals surface area (Å²) in [5.74, 6) is -0.386. The van der Waals surface area contributed by atoms with Gasteiger partial charge in [0, 0.05) is 14.1 Å². The Morgan fingerprint density at radius 2 is 1.91 bits per heavy atom. The normalized spacial score (nSPS) is 14.9. The second-order valence-corrected chi connectivity index (χ2v) is 5.93. The zero-order valence-corrected chi connectivity index (χ0v) is 14.8. The highest BCUT2D eigenvalue weighted by Crippen LogP contribution is 2.27. The number of hydrogen-bond acceptors (Lipinski definition) is 5.